The Morgan fingerprint density at radius 2 is 2.10 bits per heavy atom. The second kappa shape index (κ2) is 9.39. The highest BCUT2D eigenvalue weighted by molar-refractivity contribution is 5.74. The van der Waals surface area contributed by atoms with E-state index in [1.807, 2.05) is 4.90 Å². The van der Waals surface area contributed by atoms with Crippen molar-refractivity contribution in [2.24, 2.45) is 5.92 Å². The molecule has 6 nitrogen and oxygen atoms in total. The number of urea groups is 1. The van der Waals surface area contributed by atoms with Gasteiger partial charge in [-0.05, 0) is 25.2 Å². The Kier molecular flexibility index (Phi) is 7.82. The predicted molar refractivity (Wildman–Crippen MR) is 80.2 cm³/mol. The molecule has 0 aromatic carbocycles. The van der Waals surface area contributed by atoms with Gasteiger partial charge in [0.25, 0.3) is 0 Å². The van der Waals surface area contributed by atoms with E-state index in [1.54, 1.807) is 18.1 Å². The van der Waals surface area contributed by atoms with E-state index in [9.17, 15) is 9.59 Å². The fourth-order valence-electron chi connectivity index (χ4n) is 2.56. The largest absolute Gasteiger partial charge is 0.481 e. The zero-order valence-corrected chi connectivity index (χ0v) is 12.8. The number of piperidine rings is 1. The molecule has 1 aliphatic heterocycles. The molecule has 0 saturated carbocycles. The van der Waals surface area contributed by atoms with Crippen molar-refractivity contribution in [3.63, 3.8) is 0 Å². The molecule has 1 rings (SSSR count). The van der Waals surface area contributed by atoms with Gasteiger partial charge >= 0.3 is 12.0 Å². The van der Waals surface area contributed by atoms with Crippen LogP contribution in [0.15, 0.2) is 12.7 Å². The smallest absolute Gasteiger partial charge is 0.320 e. The molecule has 1 heterocycles. The lowest BCUT2D eigenvalue weighted by Gasteiger charge is -2.35. The van der Waals surface area contributed by atoms with Crippen molar-refractivity contribution >= 4 is 12.0 Å². The molecule has 6 heteroatoms. The van der Waals surface area contributed by atoms with Crippen LogP contribution in [0.5, 0.6) is 0 Å². The summed E-state index contributed by atoms with van der Waals surface area (Å²) in [4.78, 5) is 26.6. The summed E-state index contributed by atoms with van der Waals surface area (Å²) < 4.78 is 5.03. The van der Waals surface area contributed by atoms with Crippen LogP contribution in [-0.2, 0) is 9.53 Å². The molecule has 21 heavy (non-hydrogen) atoms. The SMILES string of the molecule is C=CCN(CCOC)C(=O)N1CCC(CCC(=O)O)CC1. The zero-order chi connectivity index (χ0) is 15.7. The number of amides is 2. The highest BCUT2D eigenvalue weighted by atomic mass is 16.5. The second-order valence-corrected chi connectivity index (χ2v) is 5.37. The minimum atomic E-state index is -0.745. The first-order chi connectivity index (χ1) is 10.1. The van der Waals surface area contributed by atoms with Crippen LogP contribution in [0.2, 0.25) is 0 Å². The van der Waals surface area contributed by atoms with Crippen LogP contribution in [0.25, 0.3) is 0 Å². The van der Waals surface area contributed by atoms with Crippen molar-refractivity contribution in [3.8, 4) is 0 Å². The maximum Gasteiger partial charge on any atom is 0.320 e. The summed E-state index contributed by atoms with van der Waals surface area (Å²) in [6.07, 6.45) is 4.40. The number of methoxy groups -OCH3 is 1. The molecule has 0 atom stereocenters. The standard InChI is InChI=1S/C15H26N2O4/c1-3-8-16(11-12-21-2)15(20)17-9-6-13(7-10-17)4-5-14(18)19/h3,13H,1,4-12H2,2H3,(H,18,19). The highest BCUT2D eigenvalue weighted by Gasteiger charge is 2.25. The number of likely N-dealkylation sites (tertiary alicyclic amines) is 1. The number of carbonyl (C=O) groups excluding carboxylic acids is 1. The highest BCUT2D eigenvalue weighted by Crippen LogP contribution is 2.22. The molecule has 0 aliphatic carbocycles. The van der Waals surface area contributed by atoms with Crippen molar-refractivity contribution in [2.45, 2.75) is 25.7 Å². The van der Waals surface area contributed by atoms with Gasteiger partial charge in [-0.2, -0.15) is 0 Å². The number of carboxylic acids is 1. The van der Waals surface area contributed by atoms with E-state index in [2.05, 4.69) is 6.58 Å². The lowest BCUT2D eigenvalue weighted by atomic mass is 9.92. The van der Waals surface area contributed by atoms with Crippen LogP contribution in [0.1, 0.15) is 25.7 Å². The number of aliphatic carboxylic acids is 1. The normalized spacial score (nSPS) is 15.8. The lowest BCUT2D eigenvalue weighted by molar-refractivity contribution is -0.137. The monoisotopic (exact) mass is 298 g/mol. The van der Waals surface area contributed by atoms with Crippen molar-refractivity contribution in [3.05, 3.63) is 12.7 Å². The Morgan fingerprint density at radius 1 is 1.43 bits per heavy atom. The molecule has 1 aliphatic rings. The van der Waals surface area contributed by atoms with Gasteiger partial charge in [-0.25, -0.2) is 4.79 Å². The third-order valence-electron chi connectivity index (χ3n) is 3.84. The molecule has 0 bridgehead atoms. The zero-order valence-electron chi connectivity index (χ0n) is 12.8. The fraction of sp³-hybridized carbons (Fsp3) is 0.733. The molecule has 0 unspecified atom stereocenters. The molecule has 2 amide bonds. The van der Waals surface area contributed by atoms with Gasteiger partial charge in [-0.15, -0.1) is 6.58 Å². The van der Waals surface area contributed by atoms with E-state index in [0.29, 0.717) is 45.1 Å². The van der Waals surface area contributed by atoms with Crippen molar-refractivity contribution < 1.29 is 19.4 Å². The maximum absolute atomic E-state index is 12.4. The number of carboxylic acid groups (broad SMARTS) is 1. The summed E-state index contributed by atoms with van der Waals surface area (Å²) in [6, 6.07) is 0.0173. The van der Waals surface area contributed by atoms with Crippen molar-refractivity contribution in [1.29, 1.82) is 0 Å². The van der Waals surface area contributed by atoms with E-state index >= 15 is 0 Å². The average molecular weight is 298 g/mol. The summed E-state index contributed by atoms with van der Waals surface area (Å²) in [6.45, 7) is 6.66. The molecule has 0 spiro atoms. The minimum absolute atomic E-state index is 0.0173. The fourth-order valence-corrected chi connectivity index (χ4v) is 2.56. The molecular weight excluding hydrogens is 272 g/mol. The Labute approximate surface area is 126 Å². The molecule has 0 aromatic rings. The van der Waals surface area contributed by atoms with Crippen LogP contribution < -0.4 is 0 Å². The Bertz CT molecular complexity index is 352. The minimum Gasteiger partial charge on any atom is -0.481 e. The summed E-state index contributed by atoms with van der Waals surface area (Å²) >= 11 is 0. The first-order valence-corrected chi connectivity index (χ1v) is 7.44. The summed E-state index contributed by atoms with van der Waals surface area (Å²) in [5.41, 5.74) is 0. The van der Waals surface area contributed by atoms with Crippen LogP contribution in [0, 0.1) is 5.92 Å². The first-order valence-electron chi connectivity index (χ1n) is 7.44. The second-order valence-electron chi connectivity index (χ2n) is 5.37. The summed E-state index contributed by atoms with van der Waals surface area (Å²) in [7, 11) is 1.62. The third-order valence-corrected chi connectivity index (χ3v) is 3.84. The van der Waals surface area contributed by atoms with E-state index in [1.165, 1.54) is 0 Å². The Morgan fingerprint density at radius 3 is 2.62 bits per heavy atom. The molecule has 1 saturated heterocycles. The third kappa shape index (κ3) is 6.16. The van der Waals surface area contributed by atoms with Gasteiger partial charge in [0.2, 0.25) is 0 Å². The topological polar surface area (TPSA) is 70.1 Å². The molecule has 0 aromatic heterocycles. The summed E-state index contributed by atoms with van der Waals surface area (Å²) in [5, 5.41) is 8.71. The van der Waals surface area contributed by atoms with Gasteiger partial charge in [-0.3, -0.25) is 4.79 Å². The summed E-state index contributed by atoms with van der Waals surface area (Å²) in [5.74, 6) is -0.331. The van der Waals surface area contributed by atoms with Crippen LogP contribution >= 0.6 is 0 Å². The van der Waals surface area contributed by atoms with Gasteiger partial charge in [0.15, 0.2) is 0 Å². The van der Waals surface area contributed by atoms with E-state index in [-0.39, 0.29) is 12.5 Å². The van der Waals surface area contributed by atoms with Crippen molar-refractivity contribution in [1.82, 2.24) is 9.80 Å². The van der Waals surface area contributed by atoms with E-state index in [4.69, 9.17) is 9.84 Å². The number of nitrogens with zero attached hydrogens (tertiary/aromatic N) is 2. The molecule has 120 valence electrons. The maximum atomic E-state index is 12.4. The number of hydrogen-bond acceptors (Lipinski definition) is 3. The first kappa shape index (κ1) is 17.5. The Balaban J connectivity index is 2.41. The van der Waals surface area contributed by atoms with Gasteiger partial charge < -0.3 is 19.6 Å². The quantitative estimate of drug-likeness (QED) is 0.694. The number of hydrogen-bond donors (Lipinski definition) is 1. The van der Waals surface area contributed by atoms with Gasteiger partial charge in [0, 0.05) is 39.7 Å². The number of rotatable bonds is 8. The molecule has 1 fully saturated rings. The lowest BCUT2D eigenvalue weighted by Crippen LogP contribution is -2.47. The van der Waals surface area contributed by atoms with Gasteiger partial charge in [0.05, 0.1) is 6.61 Å². The Hall–Kier alpha value is -1.56. The molecule has 1 N–H and O–H groups in total. The van der Waals surface area contributed by atoms with Crippen LogP contribution in [0.3, 0.4) is 0 Å². The van der Waals surface area contributed by atoms with E-state index in [0.717, 1.165) is 12.8 Å². The van der Waals surface area contributed by atoms with E-state index < -0.39 is 5.97 Å². The number of carbonyl (C=O) groups is 2. The van der Waals surface area contributed by atoms with Crippen LogP contribution in [-0.4, -0.2) is 66.8 Å². The van der Waals surface area contributed by atoms with Crippen LogP contribution in [0.4, 0.5) is 4.79 Å². The molecular formula is C15H26N2O4. The predicted octanol–water partition coefficient (Wildman–Crippen LogP) is 1.82. The number of ether oxygens (including phenoxy) is 1. The van der Waals surface area contributed by atoms with Gasteiger partial charge in [0.1, 0.15) is 0 Å². The van der Waals surface area contributed by atoms with Gasteiger partial charge in [-0.1, -0.05) is 6.08 Å². The van der Waals surface area contributed by atoms with Crippen molar-refractivity contribution in [2.75, 3.05) is 39.9 Å². The molecule has 0 radical (unpaired) electrons. The average Bonchev–Trinajstić information content (AvgIpc) is 2.49.